The lowest BCUT2D eigenvalue weighted by Crippen LogP contribution is -2.56. The fourth-order valence-corrected chi connectivity index (χ4v) is 2.87. The highest BCUT2D eigenvalue weighted by atomic mass is 35.5. The van der Waals surface area contributed by atoms with Crippen LogP contribution in [0.3, 0.4) is 0 Å². The number of rotatable bonds is 0. The molecule has 2 aliphatic rings. The molecule has 0 atom stereocenters. The van der Waals surface area contributed by atoms with Gasteiger partial charge in [0.2, 0.25) is 0 Å². The van der Waals surface area contributed by atoms with Crippen LogP contribution in [0.5, 0.6) is 0 Å². The van der Waals surface area contributed by atoms with Gasteiger partial charge in [-0.25, -0.2) is 0 Å². The predicted octanol–water partition coefficient (Wildman–Crippen LogP) is 2.42. The van der Waals surface area contributed by atoms with Crippen LogP contribution in [0.1, 0.15) is 17.5 Å². The lowest BCUT2D eigenvalue weighted by Gasteiger charge is -2.46. The first-order valence-corrected chi connectivity index (χ1v) is 5.63. The Kier molecular flexibility index (Phi) is 1.86. The van der Waals surface area contributed by atoms with Gasteiger partial charge in [0.25, 0.3) is 0 Å². The molecule has 1 saturated heterocycles. The van der Waals surface area contributed by atoms with Crippen LogP contribution in [0.4, 0.5) is 0 Å². The second-order valence-corrected chi connectivity index (χ2v) is 5.13. The number of aryl methyl sites for hydroxylation is 1. The average Bonchev–Trinajstić information content (AvgIpc) is 2.14. The van der Waals surface area contributed by atoms with E-state index < -0.39 is 0 Å². The number of hydrogen-bond acceptors (Lipinski definition) is 1. The molecule has 1 fully saturated rings. The summed E-state index contributed by atoms with van der Waals surface area (Å²) in [6.45, 7) is 2.39. The molecule has 1 nitrogen and oxygen atoms in total. The van der Waals surface area contributed by atoms with E-state index in [1.165, 1.54) is 43.5 Å². The zero-order valence-electron chi connectivity index (χ0n) is 8.15. The first-order chi connectivity index (χ1) is 6.77. The van der Waals surface area contributed by atoms with Crippen molar-refractivity contribution >= 4 is 11.6 Å². The topological polar surface area (TPSA) is 12.0 Å². The summed E-state index contributed by atoms with van der Waals surface area (Å²) in [6, 6.07) is 6.35. The maximum absolute atomic E-state index is 6.02. The summed E-state index contributed by atoms with van der Waals surface area (Å²) in [4.78, 5) is 0. The van der Waals surface area contributed by atoms with Gasteiger partial charge in [-0.05, 0) is 47.9 Å². The van der Waals surface area contributed by atoms with E-state index in [1.807, 2.05) is 6.07 Å². The Morgan fingerprint density at radius 2 is 2.07 bits per heavy atom. The number of fused-ring (bicyclic) bond motifs is 1. The van der Waals surface area contributed by atoms with Crippen molar-refractivity contribution in [1.29, 1.82) is 0 Å². The quantitative estimate of drug-likeness (QED) is 0.689. The maximum atomic E-state index is 6.02. The lowest BCUT2D eigenvalue weighted by atomic mass is 9.68. The Hall–Kier alpha value is -0.530. The number of benzene rings is 1. The highest BCUT2D eigenvalue weighted by molar-refractivity contribution is 6.30. The summed E-state index contributed by atoms with van der Waals surface area (Å²) in [5.41, 5.74) is 3.55. The standard InChI is InChI=1S/C12H14ClN/c13-11-2-1-9-3-4-12(7-14-8-12)6-10(9)5-11/h1-2,5,14H,3-4,6-8H2. The molecule has 0 unspecified atom stereocenters. The molecular weight excluding hydrogens is 194 g/mol. The van der Waals surface area contributed by atoms with Gasteiger partial charge in [0, 0.05) is 18.1 Å². The van der Waals surface area contributed by atoms with Crippen LogP contribution in [-0.4, -0.2) is 13.1 Å². The van der Waals surface area contributed by atoms with E-state index in [0.717, 1.165) is 5.02 Å². The molecule has 0 aromatic heterocycles. The Bertz CT molecular complexity index is 369. The number of halogens is 1. The third-order valence-corrected chi connectivity index (χ3v) is 3.89. The smallest absolute Gasteiger partial charge is 0.0408 e. The zero-order valence-corrected chi connectivity index (χ0v) is 8.90. The molecule has 3 rings (SSSR count). The van der Waals surface area contributed by atoms with Gasteiger partial charge in [-0.2, -0.15) is 0 Å². The van der Waals surface area contributed by atoms with Crippen molar-refractivity contribution < 1.29 is 0 Å². The van der Waals surface area contributed by atoms with Crippen molar-refractivity contribution in [3.8, 4) is 0 Å². The molecule has 0 amide bonds. The fourth-order valence-electron chi connectivity index (χ4n) is 2.68. The average molecular weight is 208 g/mol. The fraction of sp³-hybridized carbons (Fsp3) is 0.500. The highest BCUT2D eigenvalue weighted by Crippen LogP contribution is 2.39. The first kappa shape index (κ1) is 8.75. The third-order valence-electron chi connectivity index (χ3n) is 3.66. The van der Waals surface area contributed by atoms with Crippen LogP contribution in [0.25, 0.3) is 0 Å². The van der Waals surface area contributed by atoms with Crippen molar-refractivity contribution in [2.45, 2.75) is 19.3 Å². The summed E-state index contributed by atoms with van der Waals surface area (Å²) < 4.78 is 0. The predicted molar refractivity (Wildman–Crippen MR) is 58.8 cm³/mol. The SMILES string of the molecule is Clc1ccc2c(c1)CC1(CC2)CNC1. The molecule has 1 aromatic carbocycles. The van der Waals surface area contributed by atoms with Crippen molar-refractivity contribution in [3.05, 3.63) is 34.3 Å². The van der Waals surface area contributed by atoms with Crippen LogP contribution in [0.2, 0.25) is 5.02 Å². The Labute approximate surface area is 89.5 Å². The van der Waals surface area contributed by atoms with E-state index in [-0.39, 0.29) is 0 Å². The van der Waals surface area contributed by atoms with Gasteiger partial charge >= 0.3 is 0 Å². The van der Waals surface area contributed by atoms with Gasteiger partial charge in [-0.3, -0.25) is 0 Å². The normalized spacial score (nSPS) is 22.9. The summed E-state index contributed by atoms with van der Waals surface area (Å²) in [6.07, 6.45) is 3.79. The molecule has 0 saturated carbocycles. The Morgan fingerprint density at radius 1 is 1.21 bits per heavy atom. The Balaban J connectivity index is 1.96. The molecule has 0 bridgehead atoms. The highest BCUT2D eigenvalue weighted by Gasteiger charge is 2.39. The molecular formula is C12H14ClN. The van der Waals surface area contributed by atoms with Gasteiger partial charge in [0.15, 0.2) is 0 Å². The van der Waals surface area contributed by atoms with E-state index in [4.69, 9.17) is 11.6 Å². The minimum atomic E-state index is 0.567. The molecule has 1 aromatic rings. The van der Waals surface area contributed by atoms with Gasteiger partial charge in [0.05, 0.1) is 0 Å². The van der Waals surface area contributed by atoms with E-state index >= 15 is 0 Å². The number of nitrogens with one attached hydrogen (secondary N) is 1. The molecule has 1 aliphatic heterocycles. The molecule has 1 spiro atoms. The van der Waals surface area contributed by atoms with E-state index in [9.17, 15) is 0 Å². The molecule has 2 heteroatoms. The van der Waals surface area contributed by atoms with E-state index in [2.05, 4.69) is 17.4 Å². The van der Waals surface area contributed by atoms with Crippen LogP contribution in [0, 0.1) is 5.41 Å². The van der Waals surface area contributed by atoms with Crippen LogP contribution >= 0.6 is 11.6 Å². The number of hydrogen-bond donors (Lipinski definition) is 1. The summed E-state index contributed by atoms with van der Waals surface area (Å²) in [5.74, 6) is 0. The molecule has 1 aliphatic carbocycles. The Morgan fingerprint density at radius 3 is 2.79 bits per heavy atom. The van der Waals surface area contributed by atoms with Crippen LogP contribution in [-0.2, 0) is 12.8 Å². The molecule has 14 heavy (non-hydrogen) atoms. The van der Waals surface area contributed by atoms with Crippen molar-refractivity contribution in [3.63, 3.8) is 0 Å². The first-order valence-electron chi connectivity index (χ1n) is 5.26. The molecule has 1 N–H and O–H groups in total. The van der Waals surface area contributed by atoms with Gasteiger partial charge in [-0.15, -0.1) is 0 Å². The molecule has 74 valence electrons. The van der Waals surface area contributed by atoms with Crippen LogP contribution in [0.15, 0.2) is 18.2 Å². The molecule has 1 heterocycles. The second kappa shape index (κ2) is 2.98. The minimum absolute atomic E-state index is 0.567. The van der Waals surface area contributed by atoms with Gasteiger partial charge in [0.1, 0.15) is 0 Å². The van der Waals surface area contributed by atoms with E-state index in [1.54, 1.807) is 0 Å². The molecule has 0 radical (unpaired) electrons. The maximum Gasteiger partial charge on any atom is 0.0408 e. The minimum Gasteiger partial charge on any atom is -0.316 e. The lowest BCUT2D eigenvalue weighted by molar-refractivity contribution is 0.143. The van der Waals surface area contributed by atoms with Crippen molar-refractivity contribution in [2.75, 3.05) is 13.1 Å². The second-order valence-electron chi connectivity index (χ2n) is 4.69. The summed E-state index contributed by atoms with van der Waals surface area (Å²) in [7, 11) is 0. The van der Waals surface area contributed by atoms with Crippen molar-refractivity contribution in [1.82, 2.24) is 5.32 Å². The van der Waals surface area contributed by atoms with Gasteiger partial charge in [-0.1, -0.05) is 17.7 Å². The van der Waals surface area contributed by atoms with E-state index in [0.29, 0.717) is 5.41 Å². The third kappa shape index (κ3) is 1.27. The van der Waals surface area contributed by atoms with Crippen molar-refractivity contribution in [2.24, 2.45) is 5.41 Å². The van der Waals surface area contributed by atoms with Crippen LogP contribution < -0.4 is 5.32 Å². The monoisotopic (exact) mass is 207 g/mol. The summed E-state index contributed by atoms with van der Waals surface area (Å²) in [5, 5.41) is 4.27. The zero-order chi connectivity index (χ0) is 9.60. The largest absolute Gasteiger partial charge is 0.316 e. The van der Waals surface area contributed by atoms with Gasteiger partial charge < -0.3 is 5.32 Å². The summed E-state index contributed by atoms with van der Waals surface area (Å²) >= 11 is 6.02.